The Morgan fingerprint density at radius 1 is 0.643 bits per heavy atom. The first-order chi connectivity index (χ1) is 19.8. The van der Waals surface area contributed by atoms with Gasteiger partial charge in [0.25, 0.3) is 0 Å². The molecule has 4 aromatic carbocycles. The molecule has 4 aliphatic carbocycles. The molecule has 0 saturated heterocycles. The molecule has 0 aliphatic heterocycles. The van der Waals surface area contributed by atoms with Crippen LogP contribution in [0.2, 0.25) is 0 Å². The number of fused-ring (bicyclic) bond motifs is 12. The molecule has 0 heterocycles. The monoisotopic (exact) mass is 546 g/mol. The maximum Gasteiger partial charge on any atom is 0.0443 e. The molecule has 1 atom stereocenters. The molecule has 4 aromatic rings. The molecule has 210 valence electrons. The van der Waals surface area contributed by atoms with E-state index in [0.717, 1.165) is 6.42 Å². The average molecular weight is 547 g/mol. The summed E-state index contributed by atoms with van der Waals surface area (Å²) in [6.07, 6.45) is 6.02. The fourth-order valence-corrected chi connectivity index (χ4v) is 9.69. The fraction of sp³-hybridized carbons (Fsp3) is 0.333. The number of benzene rings is 4. The van der Waals surface area contributed by atoms with Crippen molar-refractivity contribution in [3.8, 4) is 11.1 Å². The second-order valence-corrected chi connectivity index (χ2v) is 15.6. The van der Waals surface area contributed by atoms with E-state index >= 15 is 0 Å². The zero-order valence-corrected chi connectivity index (χ0v) is 26.7. The van der Waals surface area contributed by atoms with E-state index in [0.29, 0.717) is 0 Å². The molecule has 0 heteroatoms. The highest BCUT2D eigenvalue weighted by Gasteiger charge is 2.54. The van der Waals surface area contributed by atoms with E-state index in [1.165, 1.54) is 77.6 Å². The molecule has 4 aliphatic rings. The Kier molecular flexibility index (Phi) is 4.86. The van der Waals surface area contributed by atoms with Crippen molar-refractivity contribution in [2.24, 2.45) is 0 Å². The molecule has 0 saturated carbocycles. The Balaban J connectivity index is 1.54. The van der Waals surface area contributed by atoms with E-state index in [2.05, 4.69) is 141 Å². The van der Waals surface area contributed by atoms with Gasteiger partial charge in [0.15, 0.2) is 0 Å². The lowest BCUT2D eigenvalue weighted by atomic mass is 9.67. The Labute approximate surface area is 251 Å². The van der Waals surface area contributed by atoms with Gasteiger partial charge in [0.2, 0.25) is 0 Å². The SMILES string of the molecule is CC1=CC2(CC(C)=C1)c1ccc3c(c1-c1cc(C(C)(C)C)c4ccccc4c12)C(C)(C)C1=C3C(C)(C)c2ccccc21. The largest absolute Gasteiger partial charge is 0.0715 e. The molecule has 0 N–H and O–H groups in total. The van der Waals surface area contributed by atoms with Gasteiger partial charge in [-0.05, 0) is 104 Å². The summed E-state index contributed by atoms with van der Waals surface area (Å²) < 4.78 is 0. The third-order valence-corrected chi connectivity index (χ3v) is 11.0. The topological polar surface area (TPSA) is 0 Å². The van der Waals surface area contributed by atoms with Crippen LogP contribution in [-0.4, -0.2) is 0 Å². The fourth-order valence-electron chi connectivity index (χ4n) is 9.69. The summed E-state index contributed by atoms with van der Waals surface area (Å²) in [4.78, 5) is 0. The third-order valence-electron chi connectivity index (χ3n) is 11.0. The van der Waals surface area contributed by atoms with Crippen LogP contribution in [-0.2, 0) is 21.7 Å². The first-order valence-electron chi connectivity index (χ1n) is 15.8. The molecule has 0 radical (unpaired) electrons. The molecule has 0 bridgehead atoms. The second kappa shape index (κ2) is 7.84. The molecular weight excluding hydrogens is 504 g/mol. The van der Waals surface area contributed by atoms with Gasteiger partial charge in [0.1, 0.15) is 0 Å². The number of allylic oxidation sites excluding steroid dienone is 6. The van der Waals surface area contributed by atoms with Crippen molar-refractivity contribution in [1.29, 1.82) is 0 Å². The van der Waals surface area contributed by atoms with Crippen LogP contribution < -0.4 is 0 Å². The summed E-state index contributed by atoms with van der Waals surface area (Å²) >= 11 is 0. The highest BCUT2D eigenvalue weighted by Crippen LogP contribution is 2.67. The third kappa shape index (κ3) is 2.99. The van der Waals surface area contributed by atoms with E-state index in [1.54, 1.807) is 5.56 Å². The van der Waals surface area contributed by atoms with Crippen molar-refractivity contribution < 1.29 is 0 Å². The normalized spacial score (nSPS) is 22.5. The highest BCUT2D eigenvalue weighted by molar-refractivity contribution is 6.13. The van der Waals surface area contributed by atoms with Crippen LogP contribution in [0, 0.1) is 0 Å². The van der Waals surface area contributed by atoms with Crippen molar-refractivity contribution in [1.82, 2.24) is 0 Å². The molecule has 42 heavy (non-hydrogen) atoms. The molecule has 0 amide bonds. The van der Waals surface area contributed by atoms with Crippen LogP contribution in [0.3, 0.4) is 0 Å². The standard InChI is InChI=1S/C42H42/c1-24-20-25(2)23-42(22-24)32-19-18-29-36(41(8,9)37-28-16-12-13-17-31(28)40(6,7)38(29)37)34(32)30-21-33(39(3,4)5)26-14-10-11-15-27(26)35(30)42/h10-22H,23H2,1-9H3. The summed E-state index contributed by atoms with van der Waals surface area (Å²) in [6.45, 7) is 21.6. The molecular formula is C42H42. The second-order valence-electron chi connectivity index (χ2n) is 15.6. The first kappa shape index (κ1) is 26.0. The van der Waals surface area contributed by atoms with Gasteiger partial charge in [0.05, 0.1) is 0 Å². The van der Waals surface area contributed by atoms with Crippen molar-refractivity contribution in [2.75, 3.05) is 0 Å². The molecule has 1 unspecified atom stereocenters. The highest BCUT2D eigenvalue weighted by atomic mass is 14.6. The Bertz CT molecular complexity index is 1990. The lowest BCUT2D eigenvalue weighted by Gasteiger charge is -2.35. The molecule has 0 fully saturated rings. The summed E-state index contributed by atoms with van der Waals surface area (Å²) in [5, 5.41) is 2.83. The lowest BCUT2D eigenvalue weighted by molar-refractivity contribution is 0.595. The van der Waals surface area contributed by atoms with Crippen LogP contribution in [0.25, 0.3) is 33.0 Å². The lowest BCUT2D eigenvalue weighted by Crippen LogP contribution is -2.27. The van der Waals surface area contributed by atoms with Crippen molar-refractivity contribution in [3.63, 3.8) is 0 Å². The van der Waals surface area contributed by atoms with Crippen molar-refractivity contribution in [2.45, 2.75) is 90.4 Å². The van der Waals surface area contributed by atoms with Gasteiger partial charge in [-0.15, -0.1) is 0 Å². The Morgan fingerprint density at radius 2 is 1.31 bits per heavy atom. The van der Waals surface area contributed by atoms with Crippen LogP contribution in [0.15, 0.2) is 90.0 Å². The van der Waals surface area contributed by atoms with E-state index in [9.17, 15) is 0 Å². The summed E-state index contributed by atoms with van der Waals surface area (Å²) in [5.74, 6) is 0. The zero-order chi connectivity index (χ0) is 29.6. The predicted molar refractivity (Wildman–Crippen MR) is 180 cm³/mol. The van der Waals surface area contributed by atoms with Crippen LogP contribution in [0.1, 0.15) is 108 Å². The summed E-state index contributed by atoms with van der Waals surface area (Å²) in [6, 6.07) is 26.0. The molecule has 0 nitrogen and oxygen atoms in total. The number of hydrogen-bond acceptors (Lipinski definition) is 0. The number of hydrogen-bond donors (Lipinski definition) is 0. The van der Waals surface area contributed by atoms with Crippen LogP contribution in [0.4, 0.5) is 0 Å². The predicted octanol–water partition coefficient (Wildman–Crippen LogP) is 11.2. The quantitative estimate of drug-likeness (QED) is 0.206. The summed E-state index contributed by atoms with van der Waals surface area (Å²) in [5.41, 5.74) is 19.0. The van der Waals surface area contributed by atoms with Crippen LogP contribution >= 0.6 is 0 Å². The van der Waals surface area contributed by atoms with E-state index < -0.39 is 0 Å². The van der Waals surface area contributed by atoms with E-state index in [1.807, 2.05) is 0 Å². The maximum atomic E-state index is 2.60. The number of rotatable bonds is 0. The average Bonchev–Trinajstić information content (AvgIpc) is 3.43. The van der Waals surface area contributed by atoms with E-state index in [-0.39, 0.29) is 21.7 Å². The summed E-state index contributed by atoms with van der Waals surface area (Å²) in [7, 11) is 0. The maximum absolute atomic E-state index is 2.60. The first-order valence-corrected chi connectivity index (χ1v) is 15.8. The van der Waals surface area contributed by atoms with Gasteiger partial charge in [-0.3, -0.25) is 0 Å². The molecule has 8 rings (SSSR count). The van der Waals surface area contributed by atoms with Gasteiger partial charge < -0.3 is 0 Å². The van der Waals surface area contributed by atoms with Crippen LogP contribution in [0.5, 0.6) is 0 Å². The Hall–Kier alpha value is -3.64. The van der Waals surface area contributed by atoms with Gasteiger partial charge in [-0.1, -0.05) is 132 Å². The van der Waals surface area contributed by atoms with Crippen molar-refractivity contribution in [3.05, 3.63) is 129 Å². The Morgan fingerprint density at radius 3 is 2.02 bits per heavy atom. The zero-order valence-electron chi connectivity index (χ0n) is 26.7. The van der Waals surface area contributed by atoms with Gasteiger partial charge >= 0.3 is 0 Å². The van der Waals surface area contributed by atoms with Gasteiger partial charge in [-0.2, -0.15) is 0 Å². The minimum Gasteiger partial charge on any atom is -0.0715 e. The van der Waals surface area contributed by atoms with Gasteiger partial charge in [-0.25, -0.2) is 0 Å². The van der Waals surface area contributed by atoms with Gasteiger partial charge in [0, 0.05) is 16.2 Å². The minimum absolute atomic E-state index is 0.0254. The molecule has 1 spiro atoms. The minimum atomic E-state index is -0.158. The van der Waals surface area contributed by atoms with Crippen molar-refractivity contribution >= 4 is 21.9 Å². The molecule has 0 aromatic heterocycles. The smallest absolute Gasteiger partial charge is 0.0443 e. The van der Waals surface area contributed by atoms with E-state index in [4.69, 9.17) is 0 Å².